The summed E-state index contributed by atoms with van der Waals surface area (Å²) in [6, 6.07) is 6.02. The molecule has 2 aromatic rings. The van der Waals surface area contributed by atoms with E-state index in [9.17, 15) is 109 Å². The Labute approximate surface area is 621 Å². The summed E-state index contributed by atoms with van der Waals surface area (Å²) >= 11 is 0.354. The molecule has 0 radical (unpaired) electrons. The van der Waals surface area contributed by atoms with Gasteiger partial charge in [-0.1, -0.05) is 146 Å². The number of carbonyl (C=O) groups excluding carboxylic acids is 3. The maximum atomic E-state index is 14.2. The van der Waals surface area contributed by atoms with Crippen molar-refractivity contribution in [2.24, 2.45) is 11.8 Å². The summed E-state index contributed by atoms with van der Waals surface area (Å²) in [4.78, 5) is 42.9. The number of benzene rings is 1. The molecule has 24 unspecified atom stereocenters. The predicted molar refractivity (Wildman–Crippen MR) is 366 cm³/mol. The molecule has 19 N–H and O–H groups in total. The van der Waals surface area contributed by atoms with Gasteiger partial charge in [0.2, 0.25) is 11.8 Å². The van der Waals surface area contributed by atoms with Crippen LogP contribution in [0, 0.1) is 11.8 Å². The Hall–Kier alpha value is -4.22. The van der Waals surface area contributed by atoms with Crippen molar-refractivity contribution in [2.45, 2.75) is 295 Å². The minimum Gasteiger partial charge on any atom is -0.394 e. The zero-order valence-corrected chi connectivity index (χ0v) is 60.8. The van der Waals surface area contributed by atoms with Gasteiger partial charge >= 0.3 is 12.6 Å². The molecular formula is C70H110F3N3O30S. The molecule has 5 fully saturated rings. The first kappa shape index (κ1) is 90.0. The Morgan fingerprint density at radius 1 is 0.636 bits per heavy atom. The molecule has 5 aliphatic heterocycles. The zero-order chi connectivity index (χ0) is 78.3. The average molecular weight is 1560 g/mol. The lowest BCUT2D eigenvalue weighted by Gasteiger charge is -2.53. The third kappa shape index (κ3) is 24.4. The van der Waals surface area contributed by atoms with E-state index in [0.717, 1.165) is 49.6 Å². The molecule has 0 bridgehead atoms. The van der Waals surface area contributed by atoms with Crippen LogP contribution >= 0.6 is 11.3 Å². The normalized spacial score (nSPS) is 34.8. The van der Waals surface area contributed by atoms with Crippen LogP contribution in [0.1, 0.15) is 135 Å². The van der Waals surface area contributed by atoms with Gasteiger partial charge in [-0.3, -0.25) is 14.4 Å². The highest BCUT2D eigenvalue weighted by molar-refractivity contribution is 7.11. The van der Waals surface area contributed by atoms with E-state index in [2.05, 4.69) is 23.0 Å². The largest absolute Gasteiger partial charge is 0.426 e. The van der Waals surface area contributed by atoms with E-state index in [4.69, 9.17) is 52.2 Å². The van der Waals surface area contributed by atoms with Crippen LogP contribution in [0.25, 0.3) is 11.1 Å². The molecule has 0 aliphatic carbocycles. The minimum absolute atomic E-state index is 0.0339. The molecule has 33 nitrogen and oxygen atoms in total. The predicted octanol–water partition coefficient (Wildman–Crippen LogP) is -0.544. The third-order valence-corrected chi connectivity index (χ3v) is 21.0. The van der Waals surface area contributed by atoms with Gasteiger partial charge in [0.15, 0.2) is 25.2 Å². The number of hydrogen-bond acceptors (Lipinski definition) is 32. The molecular weight excluding hydrogens is 1450 g/mol. The highest BCUT2D eigenvalue weighted by Gasteiger charge is 2.60. The monoisotopic (exact) mass is 1560 g/mol. The number of rotatable bonds is 43. The fourth-order valence-electron chi connectivity index (χ4n) is 13.7. The van der Waals surface area contributed by atoms with Gasteiger partial charge in [-0.2, -0.15) is 13.2 Å². The number of ether oxygens (including phenoxy) is 10. The lowest BCUT2D eigenvalue weighted by molar-refractivity contribution is -0.426. The van der Waals surface area contributed by atoms with Gasteiger partial charge in [0.25, 0.3) is 5.91 Å². The van der Waals surface area contributed by atoms with Crippen molar-refractivity contribution in [3.05, 3.63) is 52.7 Å². The van der Waals surface area contributed by atoms with Crippen LogP contribution in [-0.2, 0) is 72.8 Å². The van der Waals surface area contributed by atoms with Crippen molar-refractivity contribution in [3.63, 3.8) is 0 Å². The number of anilines is 1. The number of aliphatic hydroxyl groups is 16. The van der Waals surface area contributed by atoms with Crippen LogP contribution in [0.15, 0.2) is 47.9 Å². The molecule has 6 heterocycles. The number of unbranched alkanes of at least 4 members (excludes halogenated alkanes) is 14. The van der Waals surface area contributed by atoms with Crippen LogP contribution in [0.2, 0.25) is 0 Å². The molecule has 7 rings (SSSR count). The van der Waals surface area contributed by atoms with E-state index >= 15 is 0 Å². The second-order valence-corrected chi connectivity index (χ2v) is 28.7. The Kier molecular flexibility index (Phi) is 36.8. The van der Waals surface area contributed by atoms with Crippen LogP contribution < -0.4 is 16.1 Å². The number of nitrogens with one attached hydrogen (secondary N) is 3. The van der Waals surface area contributed by atoms with Crippen LogP contribution in [0.5, 0.6) is 0 Å². The molecule has 28 atom stereocenters. The fourth-order valence-corrected chi connectivity index (χ4v) is 14.6. The summed E-state index contributed by atoms with van der Waals surface area (Å²) in [5, 5.41) is 183. The van der Waals surface area contributed by atoms with Crippen molar-refractivity contribution in [1.29, 1.82) is 0 Å². The van der Waals surface area contributed by atoms with Gasteiger partial charge in [0.05, 0.1) is 75.8 Å². The summed E-state index contributed by atoms with van der Waals surface area (Å²) in [5.41, 5.74) is 1.82. The number of hydroxylamine groups is 1. The molecule has 612 valence electrons. The van der Waals surface area contributed by atoms with E-state index < -0.39 is 240 Å². The Balaban J connectivity index is 1.10. The quantitative estimate of drug-likeness (QED) is 0.0130. The number of aliphatic hydroxyl groups excluding tert-OH is 16. The number of amides is 2. The number of carbonyl (C=O) groups is 3. The number of thiophene rings is 1. The molecule has 5 aliphatic rings. The van der Waals surface area contributed by atoms with Crippen molar-refractivity contribution in [1.82, 2.24) is 10.8 Å². The maximum absolute atomic E-state index is 14.2. The average Bonchev–Trinajstić information content (AvgIpc) is 1.36. The second-order valence-electron chi connectivity index (χ2n) is 27.9. The molecule has 0 saturated carbocycles. The summed E-state index contributed by atoms with van der Waals surface area (Å²) < 4.78 is 103. The van der Waals surface area contributed by atoms with Crippen molar-refractivity contribution < 1.29 is 161 Å². The van der Waals surface area contributed by atoms with Crippen molar-refractivity contribution in [2.75, 3.05) is 45.0 Å². The second kappa shape index (κ2) is 43.7. The topological polar surface area (TPSA) is 513 Å². The number of hydrogen-bond donors (Lipinski definition) is 19. The van der Waals surface area contributed by atoms with Gasteiger partial charge in [-0.05, 0) is 18.1 Å². The van der Waals surface area contributed by atoms with Gasteiger partial charge in [0.1, 0.15) is 103 Å². The van der Waals surface area contributed by atoms with E-state index in [1.165, 1.54) is 89.5 Å². The first-order valence-electron chi connectivity index (χ1n) is 36.6. The van der Waals surface area contributed by atoms with Gasteiger partial charge in [0, 0.05) is 41.7 Å². The summed E-state index contributed by atoms with van der Waals surface area (Å²) in [7, 11) is 0. The van der Waals surface area contributed by atoms with Crippen LogP contribution in [0.4, 0.5) is 18.9 Å². The van der Waals surface area contributed by atoms with Gasteiger partial charge < -0.3 is 145 Å². The first-order chi connectivity index (χ1) is 51.1. The number of alkyl halides is 3. The van der Waals surface area contributed by atoms with E-state index in [0.29, 0.717) is 24.2 Å². The molecule has 107 heavy (non-hydrogen) atoms. The lowest BCUT2D eigenvalue weighted by atomic mass is 9.86. The molecule has 2 amide bonds. The molecule has 1 aromatic heterocycles. The highest BCUT2D eigenvalue weighted by atomic mass is 32.1. The molecule has 0 spiro atoms. The molecule has 37 heteroatoms. The highest BCUT2D eigenvalue weighted by Crippen LogP contribution is 2.47. The third-order valence-electron chi connectivity index (χ3n) is 19.9. The first-order valence-corrected chi connectivity index (χ1v) is 37.5. The lowest BCUT2D eigenvalue weighted by Crippen LogP contribution is -2.70. The van der Waals surface area contributed by atoms with Crippen LogP contribution in [-0.4, -0.2) is 299 Å². The van der Waals surface area contributed by atoms with Crippen molar-refractivity contribution >= 4 is 35.3 Å². The van der Waals surface area contributed by atoms with Gasteiger partial charge in [-0.25, -0.2) is 0 Å². The summed E-state index contributed by atoms with van der Waals surface area (Å²) in [5.74, 6) is -6.79. The summed E-state index contributed by atoms with van der Waals surface area (Å²) in [6.07, 6.45) is -33.9. The minimum atomic E-state index is -4.79. The van der Waals surface area contributed by atoms with E-state index in [1.807, 2.05) is 0 Å². The zero-order valence-electron chi connectivity index (χ0n) is 60.0. The molecule has 5 saturated heterocycles. The maximum Gasteiger partial charge on any atom is 0.426 e. The van der Waals surface area contributed by atoms with Gasteiger partial charge in [-0.15, -0.1) is 11.3 Å². The van der Waals surface area contributed by atoms with E-state index in [-0.39, 0.29) is 29.7 Å². The molecule has 1 aromatic carbocycles. The van der Waals surface area contributed by atoms with E-state index in [1.54, 1.807) is 6.07 Å². The van der Waals surface area contributed by atoms with Crippen molar-refractivity contribution in [3.8, 4) is 11.1 Å². The standard InChI is InChI=1S/C70H110F3N3O30S/c1-4-5-6-7-8-9-10-11-12-13-14-15-16-17-21-24-48(86)74-39(41(83)25-26-49(87)75-40-34-107-64(70(71,72)73)50(40)38-22-19-18-20-23-38)33-96-66-57(94)55(92)61(46(31-80)100-66)103-68-58(95)63(106-69(76-97-35-82)27-42(84)36(2)60(105-69)51(88)43(85)28-77)62(47(32-81)101-68)104-65-37(3)59(53(90)45(30-79)98-65)102-67-56(93)54(91)52(89)44(29-78)99-67/h18-20,22-23,25-26,34-37,39,41-47,51-63,65-68,76-81,83-85,88-95H,4-17,21,24,27-33H2,1-3H3,(H,74,86)(H,75,87)/b26-25+/t36?,37?,39-,41+,42?,43+,44?,45?,46?,47?,51+,52?,53?,54?,55?,56?,57?,58?,59?,60?,61?,62?,63?,65?,66?,67?,68?,69?/m0/s1. The fraction of sp³-hybridized carbons (Fsp3) is 0.786. The Morgan fingerprint density at radius 2 is 1.17 bits per heavy atom. The number of halogens is 3. The SMILES string of the molecule is CCCCCCCCCCCCCCCCCC(=O)N[C@@H](COC1OC(CO)C(OC2OC(CO)C(OC3OC(CO)C(O)C(OC4OC(CO)C(O)C(O)C4O)C3C)C(OC3(NOC=O)CC(O)C(C)C([C@H](O)[C@H](O)CO)O3)C2O)C(O)C1O)[C@H](O)/C=C/C(=O)Nc1csc(C(F)(F)F)c1-c1ccccc1. The van der Waals surface area contributed by atoms with Crippen LogP contribution in [0.3, 0.4) is 0 Å². The summed E-state index contributed by atoms with van der Waals surface area (Å²) in [6.45, 7) is -1.17. The Bertz CT molecular complexity index is 2960. The smallest absolute Gasteiger partial charge is 0.394 e. The Morgan fingerprint density at radius 3 is 1.76 bits per heavy atom.